The molecule has 29 heavy (non-hydrogen) atoms. The topological polar surface area (TPSA) is 61.8 Å². The lowest BCUT2D eigenvalue weighted by Gasteiger charge is -2.40. The van der Waals surface area contributed by atoms with Crippen molar-refractivity contribution in [3.05, 3.63) is 71.8 Å². The van der Waals surface area contributed by atoms with E-state index in [1.807, 2.05) is 60.7 Å². The van der Waals surface area contributed by atoms with Crippen molar-refractivity contribution < 1.29 is 9.59 Å². The zero-order valence-electron chi connectivity index (χ0n) is 16.8. The molecule has 2 amide bonds. The van der Waals surface area contributed by atoms with Crippen molar-refractivity contribution in [2.45, 2.75) is 44.8 Å². The lowest BCUT2D eigenvalue weighted by Crippen LogP contribution is -2.52. The third-order valence-electron chi connectivity index (χ3n) is 6.03. The number of benzene rings is 2. The molecule has 0 unspecified atom stereocenters. The van der Waals surface area contributed by atoms with Gasteiger partial charge in [0.25, 0.3) is 5.91 Å². The summed E-state index contributed by atoms with van der Waals surface area (Å²) in [6.07, 6.45) is 3.65. The van der Waals surface area contributed by atoms with Crippen molar-refractivity contribution in [3.63, 3.8) is 0 Å². The van der Waals surface area contributed by atoms with E-state index in [4.69, 9.17) is 4.99 Å². The molecule has 1 aliphatic heterocycles. The predicted octanol–water partition coefficient (Wildman–Crippen LogP) is 3.54. The fourth-order valence-corrected chi connectivity index (χ4v) is 4.24. The Morgan fingerprint density at radius 2 is 1.69 bits per heavy atom. The quantitative estimate of drug-likeness (QED) is 0.850. The van der Waals surface area contributed by atoms with Crippen LogP contribution >= 0.6 is 0 Å². The molecule has 1 aliphatic carbocycles. The molecule has 1 saturated carbocycles. The van der Waals surface area contributed by atoms with Crippen molar-refractivity contribution in [1.29, 1.82) is 0 Å². The van der Waals surface area contributed by atoms with Gasteiger partial charge in [-0.2, -0.15) is 0 Å². The number of aliphatic imine (C=N–C) groups is 1. The van der Waals surface area contributed by atoms with Gasteiger partial charge in [0, 0.05) is 12.1 Å². The third kappa shape index (κ3) is 4.09. The molecule has 0 atom stereocenters. The zero-order chi connectivity index (χ0) is 20.3. The van der Waals surface area contributed by atoms with Gasteiger partial charge in [-0.05, 0) is 37.2 Å². The van der Waals surface area contributed by atoms with Crippen LogP contribution in [0.1, 0.15) is 43.7 Å². The maximum Gasteiger partial charge on any atom is 0.275 e. The van der Waals surface area contributed by atoms with Gasteiger partial charge >= 0.3 is 0 Å². The van der Waals surface area contributed by atoms with Gasteiger partial charge in [-0.3, -0.25) is 14.6 Å². The first-order valence-electron chi connectivity index (χ1n) is 10.4. The summed E-state index contributed by atoms with van der Waals surface area (Å²) >= 11 is 0. The van der Waals surface area contributed by atoms with Gasteiger partial charge in [0.05, 0.1) is 0 Å². The number of nitrogens with zero attached hydrogens (tertiary/aromatic N) is 2. The summed E-state index contributed by atoms with van der Waals surface area (Å²) in [5, 5.41) is 2.95. The van der Waals surface area contributed by atoms with E-state index >= 15 is 0 Å². The van der Waals surface area contributed by atoms with Crippen LogP contribution in [-0.4, -0.2) is 34.6 Å². The Labute approximate surface area is 171 Å². The number of carbonyl (C=O) groups excluding carboxylic acids is 2. The van der Waals surface area contributed by atoms with Crippen LogP contribution < -0.4 is 5.32 Å². The zero-order valence-corrected chi connectivity index (χ0v) is 16.8. The maximum atomic E-state index is 13.3. The number of rotatable bonds is 5. The van der Waals surface area contributed by atoms with E-state index in [9.17, 15) is 9.59 Å². The van der Waals surface area contributed by atoms with Crippen molar-refractivity contribution in [2.24, 2.45) is 10.9 Å². The van der Waals surface area contributed by atoms with Gasteiger partial charge in [-0.1, -0.05) is 67.6 Å². The van der Waals surface area contributed by atoms with Crippen molar-refractivity contribution in [3.8, 4) is 0 Å². The highest BCUT2D eigenvalue weighted by Crippen LogP contribution is 2.41. The molecule has 150 valence electrons. The van der Waals surface area contributed by atoms with Gasteiger partial charge in [0.1, 0.15) is 17.9 Å². The van der Waals surface area contributed by atoms with Crippen LogP contribution in [0.3, 0.4) is 0 Å². The maximum absolute atomic E-state index is 13.3. The third-order valence-corrected chi connectivity index (χ3v) is 6.03. The molecular formula is C24H27N3O2. The van der Waals surface area contributed by atoms with Crippen molar-refractivity contribution >= 4 is 17.5 Å². The van der Waals surface area contributed by atoms with E-state index in [-0.39, 0.29) is 18.4 Å². The molecule has 5 nitrogen and oxygen atoms in total. The van der Waals surface area contributed by atoms with Gasteiger partial charge in [0.15, 0.2) is 0 Å². The Bertz CT molecular complexity index is 900. The van der Waals surface area contributed by atoms with Crippen molar-refractivity contribution in [2.75, 3.05) is 6.54 Å². The summed E-state index contributed by atoms with van der Waals surface area (Å²) in [4.78, 5) is 32.6. The lowest BCUT2D eigenvalue weighted by atomic mass is 9.82. The highest BCUT2D eigenvalue weighted by Gasteiger charge is 2.49. The first kappa shape index (κ1) is 19.4. The molecule has 0 bridgehead atoms. The van der Waals surface area contributed by atoms with Crippen LogP contribution in [0, 0.1) is 5.92 Å². The Morgan fingerprint density at radius 3 is 2.34 bits per heavy atom. The lowest BCUT2D eigenvalue weighted by molar-refractivity contribution is -0.136. The van der Waals surface area contributed by atoms with Crippen LogP contribution in [0.2, 0.25) is 0 Å². The molecule has 0 radical (unpaired) electrons. The number of hydrogen-bond acceptors (Lipinski definition) is 3. The molecule has 2 aromatic rings. The van der Waals surface area contributed by atoms with Gasteiger partial charge in [-0.25, -0.2) is 0 Å². The first-order chi connectivity index (χ1) is 14.1. The summed E-state index contributed by atoms with van der Waals surface area (Å²) in [5.74, 6) is 0.339. The monoisotopic (exact) mass is 389 g/mol. The standard InChI is InChI=1S/C24H27N3O2/c1-18-12-14-24(15-13-18)26-22(20-10-6-3-7-11-20)23(29)27(24)17-21(28)25-16-19-8-4-2-5-9-19/h2-11,18H,12-17H2,1H3,(H,25,28). The van der Waals surface area contributed by atoms with E-state index in [1.54, 1.807) is 4.90 Å². The van der Waals surface area contributed by atoms with Crippen LogP contribution in [0.25, 0.3) is 0 Å². The largest absolute Gasteiger partial charge is 0.350 e. The number of nitrogens with one attached hydrogen (secondary N) is 1. The molecule has 5 heteroatoms. The summed E-state index contributed by atoms with van der Waals surface area (Å²) in [6, 6.07) is 19.4. The molecule has 0 saturated heterocycles. The Morgan fingerprint density at radius 1 is 1.07 bits per heavy atom. The normalized spacial score (nSPS) is 23.9. The molecule has 1 N–H and O–H groups in total. The van der Waals surface area contributed by atoms with Gasteiger partial charge in [0.2, 0.25) is 5.91 Å². The van der Waals surface area contributed by atoms with Gasteiger partial charge in [-0.15, -0.1) is 0 Å². The number of carbonyl (C=O) groups is 2. The van der Waals surface area contributed by atoms with Crippen LogP contribution in [0.5, 0.6) is 0 Å². The molecule has 2 aromatic carbocycles. The molecular weight excluding hydrogens is 362 g/mol. The van der Waals surface area contributed by atoms with E-state index in [0.717, 1.165) is 36.8 Å². The molecule has 1 spiro atoms. The SMILES string of the molecule is CC1CCC2(CC1)N=C(c1ccccc1)C(=O)N2CC(=O)NCc1ccccc1. The highest BCUT2D eigenvalue weighted by molar-refractivity contribution is 6.47. The Hall–Kier alpha value is -2.95. The molecule has 0 aromatic heterocycles. The fraction of sp³-hybridized carbons (Fsp3) is 0.375. The average molecular weight is 389 g/mol. The fourth-order valence-electron chi connectivity index (χ4n) is 4.24. The smallest absolute Gasteiger partial charge is 0.275 e. The second-order valence-electron chi connectivity index (χ2n) is 8.15. The predicted molar refractivity (Wildman–Crippen MR) is 113 cm³/mol. The number of amides is 2. The number of hydrogen-bond donors (Lipinski definition) is 1. The van der Waals surface area contributed by atoms with E-state index in [1.165, 1.54) is 0 Å². The van der Waals surface area contributed by atoms with E-state index in [2.05, 4.69) is 12.2 Å². The van der Waals surface area contributed by atoms with E-state index < -0.39 is 5.66 Å². The minimum absolute atomic E-state index is 0.0415. The molecule has 4 rings (SSSR count). The second kappa shape index (κ2) is 8.19. The minimum Gasteiger partial charge on any atom is -0.350 e. The summed E-state index contributed by atoms with van der Waals surface area (Å²) in [7, 11) is 0. The molecule has 2 aliphatic rings. The van der Waals surface area contributed by atoms with Gasteiger partial charge < -0.3 is 10.2 Å². The summed E-state index contributed by atoms with van der Waals surface area (Å²) in [6.45, 7) is 2.74. The minimum atomic E-state index is -0.584. The molecule has 1 fully saturated rings. The average Bonchev–Trinajstić information content (AvgIpc) is 3.02. The van der Waals surface area contributed by atoms with Crippen molar-refractivity contribution in [1.82, 2.24) is 10.2 Å². The summed E-state index contributed by atoms with van der Waals surface area (Å²) < 4.78 is 0. The highest BCUT2D eigenvalue weighted by atomic mass is 16.2. The van der Waals surface area contributed by atoms with Crippen LogP contribution in [0.15, 0.2) is 65.7 Å². The Kier molecular flexibility index (Phi) is 5.47. The second-order valence-corrected chi connectivity index (χ2v) is 8.15. The van der Waals surface area contributed by atoms with E-state index in [0.29, 0.717) is 18.2 Å². The first-order valence-corrected chi connectivity index (χ1v) is 10.4. The summed E-state index contributed by atoms with van der Waals surface area (Å²) in [5.41, 5.74) is 1.76. The van der Waals surface area contributed by atoms with Crippen LogP contribution in [-0.2, 0) is 16.1 Å². The molecule has 1 heterocycles. The Balaban J connectivity index is 1.52. The van der Waals surface area contributed by atoms with Crippen LogP contribution in [0.4, 0.5) is 0 Å².